The normalized spacial score (nSPS) is 16.0. The quantitative estimate of drug-likeness (QED) is 0.735. The second-order valence-corrected chi connectivity index (χ2v) is 7.52. The molecule has 1 atom stereocenters. The lowest BCUT2D eigenvalue weighted by atomic mass is 9.92. The van der Waals surface area contributed by atoms with E-state index in [0.29, 0.717) is 18.8 Å². The predicted octanol–water partition coefficient (Wildman–Crippen LogP) is 2.37. The number of carbonyl (C=O) groups is 1. The van der Waals surface area contributed by atoms with E-state index in [4.69, 9.17) is 0 Å². The van der Waals surface area contributed by atoms with Gasteiger partial charge >= 0.3 is 0 Å². The molecule has 8 nitrogen and oxygen atoms in total. The minimum absolute atomic E-state index is 0.00544. The fraction of sp³-hybridized carbons (Fsp3) is 0.450. The molecule has 0 bridgehead atoms. The summed E-state index contributed by atoms with van der Waals surface area (Å²) in [6, 6.07) is 6.47. The molecule has 3 aromatic rings. The first kappa shape index (κ1) is 18.3. The third-order valence-corrected chi connectivity index (χ3v) is 5.23. The number of nitrogens with one attached hydrogen (secondary N) is 1. The molecule has 0 unspecified atom stereocenters. The van der Waals surface area contributed by atoms with Gasteiger partial charge in [-0.2, -0.15) is 5.10 Å². The number of benzene rings is 1. The number of hydrogen-bond donors (Lipinski definition) is 1. The van der Waals surface area contributed by atoms with Crippen LogP contribution >= 0.6 is 0 Å². The van der Waals surface area contributed by atoms with Crippen molar-refractivity contribution in [1.29, 1.82) is 0 Å². The molecule has 1 aromatic carbocycles. The van der Waals surface area contributed by atoms with Gasteiger partial charge in [-0.05, 0) is 73.7 Å². The molecule has 0 spiro atoms. The Bertz CT molecular complexity index is 984. The Labute approximate surface area is 163 Å². The number of tetrazole rings is 1. The van der Waals surface area contributed by atoms with Crippen molar-refractivity contribution >= 4 is 5.91 Å². The Morgan fingerprint density at radius 1 is 1.21 bits per heavy atom. The van der Waals surface area contributed by atoms with E-state index < -0.39 is 0 Å². The fourth-order valence-electron chi connectivity index (χ4n) is 3.93. The number of aryl methyl sites for hydroxylation is 4. The van der Waals surface area contributed by atoms with Gasteiger partial charge in [0.1, 0.15) is 5.82 Å². The SMILES string of the molecule is Cc1cc(C)cc(-n2ncc3c2CCC[C@@H]3NC(=O)CCn2nnnc2C)c1. The van der Waals surface area contributed by atoms with Crippen LogP contribution in [0.15, 0.2) is 24.4 Å². The standard InChI is InChI=1S/C20H25N7O/c1-13-9-14(2)11-16(10-13)27-19-6-4-5-18(17(19)12-21-27)22-20(28)7-8-26-15(3)23-24-25-26/h9-12,18H,4-8H2,1-3H3,(H,22,28)/t18-/m0/s1. The molecule has 0 saturated heterocycles. The molecule has 0 fully saturated rings. The molecule has 1 aliphatic rings. The maximum absolute atomic E-state index is 12.5. The number of carbonyl (C=O) groups excluding carboxylic acids is 1. The van der Waals surface area contributed by atoms with Gasteiger partial charge in [0.05, 0.1) is 24.5 Å². The van der Waals surface area contributed by atoms with Crippen LogP contribution in [-0.2, 0) is 17.8 Å². The van der Waals surface area contributed by atoms with Gasteiger partial charge in [0.2, 0.25) is 5.91 Å². The van der Waals surface area contributed by atoms with Gasteiger partial charge in [0.25, 0.3) is 0 Å². The first-order valence-corrected chi connectivity index (χ1v) is 9.69. The highest BCUT2D eigenvalue weighted by atomic mass is 16.1. The number of rotatable bonds is 5. The van der Waals surface area contributed by atoms with Gasteiger partial charge in [0, 0.05) is 17.7 Å². The van der Waals surface area contributed by atoms with E-state index in [1.54, 1.807) is 4.68 Å². The van der Waals surface area contributed by atoms with Gasteiger partial charge in [-0.25, -0.2) is 9.36 Å². The van der Waals surface area contributed by atoms with Gasteiger partial charge in [-0.15, -0.1) is 5.10 Å². The zero-order valence-corrected chi connectivity index (χ0v) is 16.5. The molecule has 1 aliphatic carbocycles. The molecule has 0 saturated carbocycles. The molecular weight excluding hydrogens is 354 g/mol. The molecule has 8 heteroatoms. The van der Waals surface area contributed by atoms with E-state index in [1.165, 1.54) is 16.8 Å². The summed E-state index contributed by atoms with van der Waals surface area (Å²) in [5.41, 5.74) is 5.84. The van der Waals surface area contributed by atoms with Crippen LogP contribution < -0.4 is 5.32 Å². The maximum Gasteiger partial charge on any atom is 0.222 e. The number of hydrogen-bond acceptors (Lipinski definition) is 5. The Morgan fingerprint density at radius 3 is 2.71 bits per heavy atom. The van der Waals surface area contributed by atoms with Crippen molar-refractivity contribution in [2.45, 2.75) is 59.0 Å². The largest absolute Gasteiger partial charge is 0.349 e. The highest BCUT2D eigenvalue weighted by molar-refractivity contribution is 5.76. The van der Waals surface area contributed by atoms with Gasteiger partial charge in [-0.1, -0.05) is 6.07 Å². The van der Waals surface area contributed by atoms with E-state index in [9.17, 15) is 4.79 Å². The lowest BCUT2D eigenvalue weighted by Gasteiger charge is -2.24. The van der Waals surface area contributed by atoms with E-state index in [0.717, 1.165) is 30.5 Å². The van der Waals surface area contributed by atoms with Crippen molar-refractivity contribution in [2.75, 3.05) is 0 Å². The van der Waals surface area contributed by atoms with Crippen LogP contribution in [0, 0.1) is 20.8 Å². The van der Waals surface area contributed by atoms with Crippen LogP contribution in [0.2, 0.25) is 0 Å². The van der Waals surface area contributed by atoms with Crippen LogP contribution in [-0.4, -0.2) is 35.9 Å². The minimum atomic E-state index is 0.00544. The lowest BCUT2D eigenvalue weighted by molar-refractivity contribution is -0.122. The predicted molar refractivity (Wildman–Crippen MR) is 104 cm³/mol. The topological polar surface area (TPSA) is 90.5 Å². The molecule has 4 rings (SSSR count). The van der Waals surface area contributed by atoms with Crippen LogP contribution in [0.5, 0.6) is 0 Å². The summed E-state index contributed by atoms with van der Waals surface area (Å²) in [6.45, 7) is 6.50. The molecule has 0 aliphatic heterocycles. The highest BCUT2D eigenvalue weighted by Gasteiger charge is 2.26. The van der Waals surface area contributed by atoms with E-state index >= 15 is 0 Å². The molecule has 1 N–H and O–H groups in total. The second-order valence-electron chi connectivity index (χ2n) is 7.52. The molecule has 0 radical (unpaired) electrons. The number of aromatic nitrogens is 6. The Hall–Kier alpha value is -3.03. The molecule has 28 heavy (non-hydrogen) atoms. The summed E-state index contributed by atoms with van der Waals surface area (Å²) in [6.07, 6.45) is 5.19. The van der Waals surface area contributed by atoms with Crippen LogP contribution in [0.25, 0.3) is 5.69 Å². The van der Waals surface area contributed by atoms with Gasteiger partial charge in [-0.3, -0.25) is 4.79 Å². The Kier molecular flexibility index (Phi) is 4.93. The van der Waals surface area contributed by atoms with Crippen LogP contribution in [0.3, 0.4) is 0 Å². The first-order chi connectivity index (χ1) is 13.5. The number of nitrogens with zero attached hydrogens (tertiary/aromatic N) is 6. The lowest BCUT2D eigenvalue weighted by Crippen LogP contribution is -2.31. The zero-order chi connectivity index (χ0) is 19.7. The van der Waals surface area contributed by atoms with Gasteiger partial charge in [0.15, 0.2) is 0 Å². The summed E-state index contributed by atoms with van der Waals surface area (Å²) in [5, 5.41) is 19.1. The number of fused-ring (bicyclic) bond motifs is 1. The highest BCUT2D eigenvalue weighted by Crippen LogP contribution is 2.31. The summed E-state index contributed by atoms with van der Waals surface area (Å²) < 4.78 is 3.67. The first-order valence-electron chi connectivity index (χ1n) is 9.69. The smallest absolute Gasteiger partial charge is 0.222 e. The summed E-state index contributed by atoms with van der Waals surface area (Å²) in [7, 11) is 0. The Balaban J connectivity index is 1.49. The average Bonchev–Trinajstić information content (AvgIpc) is 3.26. The molecular formula is C20H25N7O. The van der Waals surface area contributed by atoms with Crippen molar-refractivity contribution in [1.82, 2.24) is 35.3 Å². The minimum Gasteiger partial charge on any atom is -0.349 e. The monoisotopic (exact) mass is 379 g/mol. The average molecular weight is 379 g/mol. The third kappa shape index (κ3) is 3.67. The summed E-state index contributed by atoms with van der Waals surface area (Å²) in [4.78, 5) is 12.5. The van der Waals surface area contributed by atoms with Crippen molar-refractivity contribution in [3.8, 4) is 5.69 Å². The van der Waals surface area contributed by atoms with E-state index in [-0.39, 0.29) is 11.9 Å². The molecule has 2 aromatic heterocycles. The van der Waals surface area contributed by atoms with Crippen molar-refractivity contribution < 1.29 is 4.79 Å². The van der Waals surface area contributed by atoms with E-state index in [1.807, 2.05) is 17.8 Å². The number of amides is 1. The Morgan fingerprint density at radius 2 is 2.00 bits per heavy atom. The molecule has 146 valence electrons. The van der Waals surface area contributed by atoms with Crippen LogP contribution in [0.4, 0.5) is 0 Å². The zero-order valence-electron chi connectivity index (χ0n) is 16.5. The summed E-state index contributed by atoms with van der Waals surface area (Å²) >= 11 is 0. The fourth-order valence-corrected chi connectivity index (χ4v) is 3.93. The molecule has 2 heterocycles. The van der Waals surface area contributed by atoms with Gasteiger partial charge < -0.3 is 5.32 Å². The third-order valence-electron chi connectivity index (χ3n) is 5.23. The van der Waals surface area contributed by atoms with Crippen molar-refractivity contribution in [3.63, 3.8) is 0 Å². The summed E-state index contributed by atoms with van der Waals surface area (Å²) in [5.74, 6) is 0.717. The van der Waals surface area contributed by atoms with E-state index in [2.05, 4.69) is 58.0 Å². The molecule has 1 amide bonds. The van der Waals surface area contributed by atoms with Crippen molar-refractivity contribution in [3.05, 3.63) is 52.6 Å². The van der Waals surface area contributed by atoms with Crippen LogP contribution in [0.1, 0.15) is 53.5 Å². The maximum atomic E-state index is 12.5. The second kappa shape index (κ2) is 7.53. The van der Waals surface area contributed by atoms with Crippen molar-refractivity contribution in [2.24, 2.45) is 0 Å².